The van der Waals surface area contributed by atoms with Gasteiger partial charge in [0, 0.05) is 6.54 Å². The number of aryl methyl sites for hydroxylation is 1. The number of nitriles is 1. The monoisotopic (exact) mass is 223 g/mol. The van der Waals surface area contributed by atoms with Crippen molar-refractivity contribution < 1.29 is 9.32 Å². The van der Waals surface area contributed by atoms with Crippen molar-refractivity contribution in [1.29, 1.82) is 5.26 Å². The molecule has 0 saturated carbocycles. The zero-order chi connectivity index (χ0) is 11.8. The maximum absolute atomic E-state index is 11.2. The molecule has 0 saturated heterocycles. The summed E-state index contributed by atoms with van der Waals surface area (Å²) in [5.74, 6) is 0.851. The van der Waals surface area contributed by atoms with Crippen LogP contribution in [0.15, 0.2) is 4.52 Å². The largest absolute Gasteiger partial charge is 0.354 e. The number of aromatic nitrogens is 2. The highest BCUT2D eigenvalue weighted by Crippen LogP contribution is 1.93. The lowest BCUT2D eigenvalue weighted by atomic mass is 10.4. The molecule has 0 aromatic carbocycles. The van der Waals surface area contributed by atoms with E-state index in [-0.39, 0.29) is 12.5 Å². The number of nitrogens with zero attached hydrogens (tertiary/aromatic N) is 3. The summed E-state index contributed by atoms with van der Waals surface area (Å²) >= 11 is 0. The van der Waals surface area contributed by atoms with Crippen LogP contribution in [0.4, 0.5) is 0 Å². The molecule has 0 aliphatic rings. The minimum atomic E-state index is -0.161. The molecule has 0 fully saturated rings. The highest BCUT2D eigenvalue weighted by Gasteiger charge is 2.03. The Hall–Kier alpha value is -1.94. The standard InChI is InChI=1S/C9H13N5O2/c1-7-13-9(16-14-7)6-11-5-8(15)12-4-2-3-10/h11H,2,4-6H2,1H3,(H,12,15). The molecule has 0 spiro atoms. The number of rotatable bonds is 6. The number of carbonyl (C=O) groups is 1. The molecule has 0 aliphatic heterocycles. The van der Waals surface area contributed by atoms with Crippen molar-refractivity contribution >= 4 is 5.91 Å². The van der Waals surface area contributed by atoms with Gasteiger partial charge in [-0.05, 0) is 6.92 Å². The maximum Gasteiger partial charge on any atom is 0.240 e. The summed E-state index contributed by atoms with van der Waals surface area (Å²) in [6.07, 6.45) is 0.314. The molecule has 1 amide bonds. The van der Waals surface area contributed by atoms with Gasteiger partial charge in [0.05, 0.1) is 25.6 Å². The van der Waals surface area contributed by atoms with Gasteiger partial charge < -0.3 is 9.84 Å². The predicted molar refractivity (Wildman–Crippen MR) is 54.0 cm³/mol. The number of carbonyl (C=O) groups excluding carboxylic acids is 1. The van der Waals surface area contributed by atoms with Crippen molar-refractivity contribution in [3.05, 3.63) is 11.7 Å². The van der Waals surface area contributed by atoms with Crippen LogP contribution in [0.5, 0.6) is 0 Å². The number of amides is 1. The first kappa shape index (κ1) is 12.1. The molecule has 2 N–H and O–H groups in total. The highest BCUT2D eigenvalue weighted by atomic mass is 16.5. The molecular formula is C9H13N5O2. The van der Waals surface area contributed by atoms with Crippen LogP contribution in [0, 0.1) is 18.3 Å². The second-order valence-corrected chi connectivity index (χ2v) is 3.10. The molecule has 7 nitrogen and oxygen atoms in total. The Bertz CT molecular complexity index is 381. The molecule has 86 valence electrons. The lowest BCUT2D eigenvalue weighted by molar-refractivity contribution is -0.120. The van der Waals surface area contributed by atoms with Crippen molar-refractivity contribution in [3.8, 4) is 6.07 Å². The van der Waals surface area contributed by atoms with Crippen LogP contribution in [0.3, 0.4) is 0 Å². The molecule has 16 heavy (non-hydrogen) atoms. The normalized spacial score (nSPS) is 9.75. The van der Waals surface area contributed by atoms with E-state index in [9.17, 15) is 4.79 Å². The van der Waals surface area contributed by atoms with Gasteiger partial charge in [-0.2, -0.15) is 10.2 Å². The van der Waals surface area contributed by atoms with E-state index in [1.54, 1.807) is 6.92 Å². The first-order valence-corrected chi connectivity index (χ1v) is 4.86. The minimum Gasteiger partial charge on any atom is -0.354 e. The van der Waals surface area contributed by atoms with Crippen molar-refractivity contribution in [2.75, 3.05) is 13.1 Å². The molecule has 1 aromatic rings. The molecule has 1 rings (SSSR count). The van der Waals surface area contributed by atoms with Crippen LogP contribution in [0.1, 0.15) is 18.1 Å². The fourth-order valence-electron chi connectivity index (χ4n) is 1.02. The average Bonchev–Trinajstić information content (AvgIpc) is 2.65. The highest BCUT2D eigenvalue weighted by molar-refractivity contribution is 5.77. The third kappa shape index (κ3) is 4.52. The summed E-state index contributed by atoms with van der Waals surface area (Å²) in [6, 6.07) is 1.94. The van der Waals surface area contributed by atoms with Crippen molar-refractivity contribution in [2.45, 2.75) is 19.9 Å². The summed E-state index contributed by atoms with van der Waals surface area (Å²) in [6.45, 7) is 2.61. The molecule has 0 unspecified atom stereocenters. The average molecular weight is 223 g/mol. The lowest BCUT2D eigenvalue weighted by Crippen LogP contribution is -2.34. The molecule has 0 radical (unpaired) electrons. The van der Waals surface area contributed by atoms with Crippen molar-refractivity contribution in [1.82, 2.24) is 20.8 Å². The molecular weight excluding hydrogens is 210 g/mol. The van der Waals surface area contributed by atoms with Gasteiger partial charge >= 0.3 is 0 Å². The Balaban J connectivity index is 2.11. The second kappa shape index (κ2) is 6.53. The van der Waals surface area contributed by atoms with Gasteiger partial charge in [0.25, 0.3) is 0 Å². The molecule has 0 atom stereocenters. The molecule has 1 heterocycles. The van der Waals surface area contributed by atoms with E-state index in [1.165, 1.54) is 0 Å². The van der Waals surface area contributed by atoms with Crippen LogP contribution in [-0.4, -0.2) is 29.1 Å². The topological polar surface area (TPSA) is 104 Å². The van der Waals surface area contributed by atoms with Gasteiger partial charge in [-0.1, -0.05) is 5.16 Å². The van der Waals surface area contributed by atoms with Gasteiger partial charge in [-0.25, -0.2) is 0 Å². The van der Waals surface area contributed by atoms with Gasteiger partial charge in [0.2, 0.25) is 11.8 Å². The molecule has 1 aromatic heterocycles. The van der Waals surface area contributed by atoms with Gasteiger partial charge in [0.15, 0.2) is 5.82 Å². The van der Waals surface area contributed by atoms with E-state index in [4.69, 9.17) is 9.78 Å². The lowest BCUT2D eigenvalue weighted by Gasteiger charge is -2.02. The molecule has 7 heteroatoms. The van der Waals surface area contributed by atoms with Crippen molar-refractivity contribution in [3.63, 3.8) is 0 Å². The minimum absolute atomic E-state index is 0.160. The summed E-state index contributed by atoms with van der Waals surface area (Å²) < 4.78 is 4.85. The van der Waals surface area contributed by atoms with E-state index >= 15 is 0 Å². The van der Waals surface area contributed by atoms with Crippen molar-refractivity contribution in [2.24, 2.45) is 0 Å². The Morgan fingerprint density at radius 1 is 1.62 bits per heavy atom. The third-order valence-corrected chi connectivity index (χ3v) is 1.69. The number of nitrogens with one attached hydrogen (secondary N) is 2. The number of hydrogen-bond acceptors (Lipinski definition) is 6. The summed E-state index contributed by atoms with van der Waals surface area (Å²) in [7, 11) is 0. The SMILES string of the molecule is Cc1noc(CNCC(=O)NCCC#N)n1. The van der Waals surface area contributed by atoms with E-state index in [2.05, 4.69) is 20.8 Å². The first-order chi connectivity index (χ1) is 7.72. The third-order valence-electron chi connectivity index (χ3n) is 1.69. The van der Waals surface area contributed by atoms with Crippen LogP contribution < -0.4 is 10.6 Å². The molecule has 0 aliphatic carbocycles. The summed E-state index contributed by atoms with van der Waals surface area (Å²) in [4.78, 5) is 15.1. The van der Waals surface area contributed by atoms with Crippen LogP contribution >= 0.6 is 0 Å². The van der Waals surface area contributed by atoms with Crippen LogP contribution in [0.2, 0.25) is 0 Å². The Morgan fingerprint density at radius 2 is 2.44 bits per heavy atom. The Labute approximate surface area is 92.8 Å². The Morgan fingerprint density at radius 3 is 3.06 bits per heavy atom. The van der Waals surface area contributed by atoms with Crippen LogP contribution in [0.25, 0.3) is 0 Å². The number of hydrogen-bond donors (Lipinski definition) is 2. The van der Waals surface area contributed by atoms with Gasteiger partial charge in [-0.3, -0.25) is 10.1 Å². The van der Waals surface area contributed by atoms with E-state index in [1.807, 2.05) is 6.07 Å². The predicted octanol–water partition coefficient (Wildman–Crippen LogP) is -0.502. The van der Waals surface area contributed by atoms with E-state index < -0.39 is 0 Å². The Kier molecular flexibility index (Phi) is 4.95. The van der Waals surface area contributed by atoms with Crippen LogP contribution in [-0.2, 0) is 11.3 Å². The fraction of sp³-hybridized carbons (Fsp3) is 0.556. The van der Waals surface area contributed by atoms with Gasteiger partial charge in [0.1, 0.15) is 0 Å². The van der Waals surface area contributed by atoms with Gasteiger partial charge in [-0.15, -0.1) is 0 Å². The zero-order valence-electron chi connectivity index (χ0n) is 8.99. The second-order valence-electron chi connectivity index (χ2n) is 3.10. The zero-order valence-corrected chi connectivity index (χ0v) is 8.99. The molecule has 0 bridgehead atoms. The summed E-state index contributed by atoms with van der Waals surface area (Å²) in [5, 5.41) is 17.3. The van der Waals surface area contributed by atoms with E-state index in [0.717, 1.165) is 0 Å². The maximum atomic E-state index is 11.2. The smallest absolute Gasteiger partial charge is 0.240 e. The fourth-order valence-corrected chi connectivity index (χ4v) is 1.02. The quantitative estimate of drug-likeness (QED) is 0.630. The van der Waals surface area contributed by atoms with E-state index in [0.29, 0.717) is 31.2 Å². The first-order valence-electron chi connectivity index (χ1n) is 4.86. The summed E-state index contributed by atoms with van der Waals surface area (Å²) in [5.41, 5.74) is 0.